The number of ether oxygens (including phenoxy) is 3. The first-order valence-electron chi connectivity index (χ1n) is 13.4. The summed E-state index contributed by atoms with van der Waals surface area (Å²) in [5, 5.41) is 3.60. The van der Waals surface area contributed by atoms with Crippen molar-refractivity contribution in [1.29, 1.82) is 0 Å². The van der Waals surface area contributed by atoms with Crippen LogP contribution in [0.25, 0.3) is 16.7 Å². The molecule has 1 aliphatic rings. The normalized spacial score (nSPS) is 13.5. The minimum Gasteiger partial charge on any atom is -0.496 e. The van der Waals surface area contributed by atoms with Gasteiger partial charge in [0.05, 0.1) is 18.2 Å². The van der Waals surface area contributed by atoms with Crippen molar-refractivity contribution in [3.63, 3.8) is 0 Å². The summed E-state index contributed by atoms with van der Waals surface area (Å²) in [5.74, 6) is 0.526. The zero-order valence-electron chi connectivity index (χ0n) is 24.1. The fourth-order valence-electron chi connectivity index (χ4n) is 5.28. The number of aromatic nitrogens is 1. The average Bonchev–Trinajstić information content (AvgIpc) is 2.92. The summed E-state index contributed by atoms with van der Waals surface area (Å²) in [6, 6.07) is 15.7. The molecule has 0 fully saturated rings. The smallest absolute Gasteiger partial charge is 0.345 e. The molecule has 0 saturated carbocycles. The van der Waals surface area contributed by atoms with E-state index in [0.29, 0.717) is 22.8 Å². The third-order valence-corrected chi connectivity index (χ3v) is 7.20. The Balaban J connectivity index is 0.00000405. The number of aryl methyl sites for hydroxylation is 2. The lowest BCUT2D eigenvalue weighted by atomic mass is 9.85. The van der Waals surface area contributed by atoms with E-state index >= 15 is 0 Å². The van der Waals surface area contributed by atoms with Gasteiger partial charge in [-0.25, -0.2) is 9.18 Å². The number of esters is 1. The molecule has 7 heteroatoms. The first-order valence-corrected chi connectivity index (χ1v) is 13.4. The molecular weight excluding hydrogens is 519 g/mol. The van der Waals surface area contributed by atoms with Crippen molar-refractivity contribution in [1.82, 2.24) is 4.98 Å². The van der Waals surface area contributed by atoms with E-state index in [1.54, 1.807) is 37.6 Å². The Morgan fingerprint density at radius 2 is 1.76 bits per heavy atom. The van der Waals surface area contributed by atoms with Crippen molar-refractivity contribution >= 4 is 17.2 Å². The van der Waals surface area contributed by atoms with Gasteiger partial charge in [0.25, 0.3) is 0 Å². The number of methoxy groups -OCH3 is 1. The Morgan fingerprint density at radius 1 is 0.976 bits per heavy atom. The molecule has 0 radical (unpaired) electrons. The van der Waals surface area contributed by atoms with Crippen LogP contribution in [0, 0.1) is 19.7 Å². The van der Waals surface area contributed by atoms with Gasteiger partial charge in [-0.05, 0) is 87.2 Å². The number of anilines is 1. The molecule has 5 rings (SSSR count). The number of halogens is 1. The highest BCUT2D eigenvalue weighted by atomic mass is 19.1. The van der Waals surface area contributed by atoms with Gasteiger partial charge in [0.2, 0.25) is 0 Å². The van der Waals surface area contributed by atoms with Gasteiger partial charge < -0.3 is 19.5 Å². The Kier molecular flexibility index (Phi) is 7.54. The van der Waals surface area contributed by atoms with E-state index in [2.05, 4.69) is 43.2 Å². The van der Waals surface area contributed by atoms with Crippen LogP contribution in [0.4, 0.5) is 10.1 Å². The van der Waals surface area contributed by atoms with Gasteiger partial charge in [-0.3, -0.25) is 4.98 Å². The number of benzene rings is 3. The molecule has 1 aromatic heterocycles. The molecule has 0 amide bonds. The SMILES string of the molecule is COc1cc(OC(=O)c2cnccc2C)ccc1-c1ccc2c(c1COc1cc(F)ccc1C)C(C)=CC(C)(C)N2.[HH]. The summed E-state index contributed by atoms with van der Waals surface area (Å²) in [6.45, 7) is 10.3. The first kappa shape index (κ1) is 27.9. The van der Waals surface area contributed by atoms with Gasteiger partial charge in [-0.2, -0.15) is 0 Å². The van der Waals surface area contributed by atoms with Crippen molar-refractivity contribution in [2.75, 3.05) is 12.4 Å². The summed E-state index contributed by atoms with van der Waals surface area (Å²) in [5.41, 5.74) is 7.56. The second kappa shape index (κ2) is 11.1. The van der Waals surface area contributed by atoms with Crippen molar-refractivity contribution in [3.8, 4) is 28.4 Å². The lowest BCUT2D eigenvalue weighted by Gasteiger charge is -2.33. The number of allylic oxidation sites excluding steroid dienone is 1. The van der Waals surface area contributed by atoms with Crippen LogP contribution in [0.15, 0.2) is 73.1 Å². The summed E-state index contributed by atoms with van der Waals surface area (Å²) in [7, 11) is 1.58. The van der Waals surface area contributed by atoms with Crippen LogP contribution in [-0.4, -0.2) is 23.6 Å². The Morgan fingerprint density at radius 3 is 2.51 bits per heavy atom. The van der Waals surface area contributed by atoms with E-state index in [0.717, 1.165) is 44.6 Å². The number of hydrogen-bond donors (Lipinski definition) is 1. The second-order valence-electron chi connectivity index (χ2n) is 10.8. The van der Waals surface area contributed by atoms with E-state index in [9.17, 15) is 9.18 Å². The maximum Gasteiger partial charge on any atom is 0.345 e. The minimum atomic E-state index is -0.492. The third-order valence-electron chi connectivity index (χ3n) is 7.20. The van der Waals surface area contributed by atoms with Crippen molar-refractivity contribution in [2.45, 2.75) is 46.8 Å². The Bertz CT molecular complexity index is 1680. The molecule has 1 aliphatic heterocycles. The Labute approximate surface area is 241 Å². The highest BCUT2D eigenvalue weighted by molar-refractivity contribution is 5.93. The van der Waals surface area contributed by atoms with E-state index in [4.69, 9.17) is 14.2 Å². The zero-order valence-corrected chi connectivity index (χ0v) is 24.1. The van der Waals surface area contributed by atoms with Gasteiger partial charge in [-0.15, -0.1) is 0 Å². The van der Waals surface area contributed by atoms with E-state index in [1.807, 2.05) is 26.0 Å². The van der Waals surface area contributed by atoms with Crippen LogP contribution in [0.3, 0.4) is 0 Å². The van der Waals surface area contributed by atoms with Crippen LogP contribution >= 0.6 is 0 Å². The predicted octanol–water partition coefficient (Wildman–Crippen LogP) is 8.16. The molecule has 4 aromatic rings. The van der Waals surface area contributed by atoms with Crippen LogP contribution < -0.4 is 19.5 Å². The summed E-state index contributed by atoms with van der Waals surface area (Å²) in [6.07, 6.45) is 5.32. The molecule has 0 spiro atoms. The Hall–Kier alpha value is -4.65. The first-order chi connectivity index (χ1) is 19.6. The van der Waals surface area contributed by atoms with Crippen LogP contribution in [0.5, 0.6) is 17.2 Å². The summed E-state index contributed by atoms with van der Waals surface area (Å²) in [4.78, 5) is 16.8. The highest BCUT2D eigenvalue weighted by Gasteiger charge is 2.27. The standard InChI is InChI=1S/C34H33FN2O4.H2/c1-20-13-14-36-18-27(20)33(38)41-24-9-10-26(31(16-24)39-6)25-11-12-29-32(22(3)17-34(4,5)37-29)28(25)19-40-30-15-23(35)8-7-21(30)2;/h7-18,37H,19H2,1-6H3;1H. The van der Waals surface area contributed by atoms with Crippen LogP contribution in [0.1, 0.15) is 54.8 Å². The maximum absolute atomic E-state index is 14.0. The zero-order chi connectivity index (χ0) is 29.3. The topological polar surface area (TPSA) is 69.7 Å². The highest BCUT2D eigenvalue weighted by Crippen LogP contribution is 2.43. The maximum atomic E-state index is 14.0. The van der Waals surface area contributed by atoms with E-state index in [-0.39, 0.29) is 19.4 Å². The van der Waals surface area contributed by atoms with Gasteiger partial charge in [0.15, 0.2) is 0 Å². The van der Waals surface area contributed by atoms with Crippen LogP contribution in [0.2, 0.25) is 0 Å². The second-order valence-corrected chi connectivity index (χ2v) is 10.8. The average molecular weight is 555 g/mol. The van der Waals surface area contributed by atoms with Crippen molar-refractivity contribution in [3.05, 3.63) is 107 Å². The summed E-state index contributed by atoms with van der Waals surface area (Å²) < 4.78 is 31.7. The number of fused-ring (bicyclic) bond motifs is 1. The quantitative estimate of drug-likeness (QED) is 0.184. The molecular formula is C34H35FN2O4. The molecule has 0 atom stereocenters. The fourth-order valence-corrected chi connectivity index (χ4v) is 5.28. The number of carbonyl (C=O) groups is 1. The predicted molar refractivity (Wildman–Crippen MR) is 161 cm³/mol. The fraction of sp³-hybridized carbons (Fsp3) is 0.235. The number of pyridine rings is 1. The van der Waals surface area contributed by atoms with Gasteiger partial charge in [0, 0.05) is 48.3 Å². The molecule has 0 aliphatic carbocycles. The van der Waals surface area contributed by atoms with Crippen LogP contribution in [-0.2, 0) is 6.61 Å². The molecule has 2 heterocycles. The van der Waals surface area contributed by atoms with Gasteiger partial charge in [0.1, 0.15) is 29.7 Å². The molecule has 41 heavy (non-hydrogen) atoms. The molecule has 1 N–H and O–H groups in total. The molecule has 0 unspecified atom stereocenters. The van der Waals surface area contributed by atoms with Gasteiger partial charge >= 0.3 is 5.97 Å². The lowest BCUT2D eigenvalue weighted by molar-refractivity contribution is 0.0733. The third kappa shape index (κ3) is 5.80. The molecule has 0 saturated heterocycles. The summed E-state index contributed by atoms with van der Waals surface area (Å²) >= 11 is 0. The number of nitrogens with one attached hydrogen (secondary N) is 1. The minimum absolute atomic E-state index is 0. The lowest BCUT2D eigenvalue weighted by Crippen LogP contribution is -2.32. The molecule has 3 aromatic carbocycles. The number of rotatable bonds is 7. The largest absolute Gasteiger partial charge is 0.496 e. The van der Waals surface area contributed by atoms with Crippen molar-refractivity contribution < 1.29 is 24.8 Å². The molecule has 212 valence electrons. The number of hydrogen-bond acceptors (Lipinski definition) is 6. The number of carbonyl (C=O) groups excluding carboxylic acids is 1. The molecule has 0 bridgehead atoms. The van der Waals surface area contributed by atoms with Crippen molar-refractivity contribution in [2.24, 2.45) is 0 Å². The van der Waals surface area contributed by atoms with Gasteiger partial charge in [-0.1, -0.05) is 18.2 Å². The number of nitrogens with zero attached hydrogens (tertiary/aromatic N) is 1. The van der Waals surface area contributed by atoms with E-state index in [1.165, 1.54) is 18.3 Å². The monoisotopic (exact) mass is 554 g/mol. The van der Waals surface area contributed by atoms with E-state index < -0.39 is 5.97 Å². The molecule has 6 nitrogen and oxygen atoms in total.